The van der Waals surface area contributed by atoms with Crippen molar-refractivity contribution in [3.05, 3.63) is 29.6 Å². The lowest BCUT2D eigenvalue weighted by Crippen LogP contribution is -2.10. The Morgan fingerprint density at radius 1 is 1.33 bits per heavy atom. The smallest absolute Gasteiger partial charge is 0.185 e. The van der Waals surface area contributed by atoms with Crippen LogP contribution in [-0.4, -0.2) is 17.2 Å². The molecular weight excluding hydrogens is 208 g/mol. The van der Waals surface area contributed by atoms with Crippen molar-refractivity contribution >= 4 is 17.2 Å². The Morgan fingerprint density at radius 2 is 2.20 bits per heavy atom. The van der Waals surface area contributed by atoms with Crippen molar-refractivity contribution in [3.63, 3.8) is 0 Å². The number of hydrogen-bond acceptors (Lipinski definition) is 5. The lowest BCUT2D eigenvalue weighted by atomic mass is 10.3. The third-order valence-corrected chi connectivity index (χ3v) is 2.81. The molecule has 0 spiro atoms. The van der Waals surface area contributed by atoms with E-state index in [1.54, 1.807) is 24.5 Å². The van der Waals surface area contributed by atoms with E-state index in [0.29, 0.717) is 5.82 Å². The monoisotopic (exact) mass is 216 g/mol. The second kappa shape index (κ2) is 4.07. The Balaban J connectivity index is 2.30. The SMILES string of the molecule is CN(C#N)c1ccc(-c2cccs2)nn1. The van der Waals surface area contributed by atoms with Crippen LogP contribution in [0.1, 0.15) is 0 Å². The van der Waals surface area contributed by atoms with E-state index in [1.807, 2.05) is 29.8 Å². The minimum absolute atomic E-state index is 0.554. The average molecular weight is 216 g/mol. The normalized spacial score (nSPS) is 9.60. The van der Waals surface area contributed by atoms with E-state index >= 15 is 0 Å². The van der Waals surface area contributed by atoms with Crippen LogP contribution in [0.15, 0.2) is 29.6 Å². The van der Waals surface area contributed by atoms with Crippen molar-refractivity contribution in [2.24, 2.45) is 0 Å². The van der Waals surface area contributed by atoms with Gasteiger partial charge in [-0.05, 0) is 23.6 Å². The zero-order valence-corrected chi connectivity index (χ0v) is 8.90. The van der Waals surface area contributed by atoms with Gasteiger partial charge in [0, 0.05) is 7.05 Å². The van der Waals surface area contributed by atoms with Crippen molar-refractivity contribution in [2.75, 3.05) is 11.9 Å². The first kappa shape index (κ1) is 9.62. The quantitative estimate of drug-likeness (QED) is 0.570. The predicted octanol–water partition coefficient (Wildman–Crippen LogP) is 2.12. The van der Waals surface area contributed by atoms with Gasteiger partial charge in [0.2, 0.25) is 0 Å². The topological polar surface area (TPSA) is 52.8 Å². The molecule has 0 aliphatic heterocycles. The number of nitrogens with zero attached hydrogens (tertiary/aromatic N) is 4. The summed E-state index contributed by atoms with van der Waals surface area (Å²) in [6.07, 6.45) is 1.97. The van der Waals surface area contributed by atoms with E-state index in [-0.39, 0.29) is 0 Å². The number of hydrogen-bond donors (Lipinski definition) is 0. The van der Waals surface area contributed by atoms with Crippen molar-refractivity contribution < 1.29 is 0 Å². The number of rotatable bonds is 2. The van der Waals surface area contributed by atoms with Crippen LogP contribution in [0.25, 0.3) is 10.6 Å². The van der Waals surface area contributed by atoms with Crippen LogP contribution >= 0.6 is 11.3 Å². The van der Waals surface area contributed by atoms with Gasteiger partial charge < -0.3 is 0 Å². The number of nitriles is 1. The fourth-order valence-electron chi connectivity index (χ4n) is 1.11. The van der Waals surface area contributed by atoms with Gasteiger partial charge in [-0.3, -0.25) is 4.90 Å². The Kier molecular flexibility index (Phi) is 2.61. The molecule has 0 bridgehead atoms. The highest BCUT2D eigenvalue weighted by atomic mass is 32.1. The third kappa shape index (κ3) is 1.95. The van der Waals surface area contributed by atoms with E-state index in [1.165, 1.54) is 4.90 Å². The predicted molar refractivity (Wildman–Crippen MR) is 59.4 cm³/mol. The van der Waals surface area contributed by atoms with Crippen LogP contribution in [0.3, 0.4) is 0 Å². The maximum Gasteiger partial charge on any atom is 0.185 e. The molecular formula is C10H8N4S. The molecule has 2 heterocycles. The summed E-state index contributed by atoms with van der Waals surface area (Å²) >= 11 is 1.61. The van der Waals surface area contributed by atoms with E-state index in [4.69, 9.17) is 5.26 Å². The molecule has 74 valence electrons. The third-order valence-electron chi connectivity index (χ3n) is 1.92. The molecule has 0 saturated heterocycles. The maximum atomic E-state index is 8.65. The minimum atomic E-state index is 0.554. The molecule has 0 N–H and O–H groups in total. The second-order valence-electron chi connectivity index (χ2n) is 2.91. The van der Waals surface area contributed by atoms with Crippen LogP contribution in [0.2, 0.25) is 0 Å². The van der Waals surface area contributed by atoms with Gasteiger partial charge in [0.05, 0.1) is 4.88 Å². The highest BCUT2D eigenvalue weighted by Crippen LogP contribution is 2.22. The van der Waals surface area contributed by atoms with Gasteiger partial charge in [0.1, 0.15) is 5.69 Å². The van der Waals surface area contributed by atoms with Gasteiger partial charge in [-0.15, -0.1) is 21.5 Å². The lowest BCUT2D eigenvalue weighted by molar-refractivity contribution is 0.996. The zero-order valence-electron chi connectivity index (χ0n) is 8.08. The molecule has 5 heteroatoms. The highest BCUT2D eigenvalue weighted by molar-refractivity contribution is 7.13. The first-order chi connectivity index (χ1) is 7.31. The fourth-order valence-corrected chi connectivity index (χ4v) is 1.80. The Hall–Kier alpha value is -1.93. The summed E-state index contributed by atoms with van der Waals surface area (Å²) in [6.45, 7) is 0. The standard InChI is InChI=1S/C10H8N4S/c1-14(7-11)10-5-4-8(12-13-10)9-3-2-6-15-9/h2-6H,1H3. The number of thiophene rings is 1. The lowest BCUT2D eigenvalue weighted by Gasteiger charge is -2.05. The second-order valence-corrected chi connectivity index (χ2v) is 3.86. The van der Waals surface area contributed by atoms with Crippen LogP contribution < -0.4 is 4.90 Å². The van der Waals surface area contributed by atoms with Crippen LogP contribution in [0, 0.1) is 11.5 Å². The molecule has 2 aromatic rings. The van der Waals surface area contributed by atoms with Crippen molar-refractivity contribution in [1.29, 1.82) is 5.26 Å². The first-order valence-corrected chi connectivity index (χ1v) is 5.20. The summed E-state index contributed by atoms with van der Waals surface area (Å²) in [5, 5.41) is 18.7. The van der Waals surface area contributed by atoms with Gasteiger partial charge in [-0.2, -0.15) is 5.26 Å². The molecule has 4 nitrogen and oxygen atoms in total. The maximum absolute atomic E-state index is 8.65. The van der Waals surface area contributed by atoms with Gasteiger partial charge in [0.15, 0.2) is 12.0 Å². The summed E-state index contributed by atoms with van der Waals surface area (Å²) < 4.78 is 0. The van der Waals surface area contributed by atoms with E-state index in [0.717, 1.165) is 10.6 Å². The van der Waals surface area contributed by atoms with E-state index in [9.17, 15) is 0 Å². The molecule has 2 rings (SSSR count). The molecule has 0 radical (unpaired) electrons. The molecule has 0 unspecified atom stereocenters. The van der Waals surface area contributed by atoms with Gasteiger partial charge in [0.25, 0.3) is 0 Å². The summed E-state index contributed by atoms with van der Waals surface area (Å²) in [6, 6.07) is 7.60. The molecule has 0 aliphatic rings. The summed E-state index contributed by atoms with van der Waals surface area (Å²) in [7, 11) is 1.65. The Bertz CT molecular complexity index is 469. The fraction of sp³-hybridized carbons (Fsp3) is 0.100. The van der Waals surface area contributed by atoms with E-state index < -0.39 is 0 Å². The molecule has 2 aromatic heterocycles. The molecule has 0 fully saturated rings. The first-order valence-electron chi connectivity index (χ1n) is 4.32. The molecule has 0 atom stereocenters. The average Bonchev–Trinajstić information content (AvgIpc) is 2.82. The number of anilines is 1. The molecule has 0 aromatic carbocycles. The van der Waals surface area contributed by atoms with Crippen LogP contribution in [0.5, 0.6) is 0 Å². The molecule has 0 saturated carbocycles. The van der Waals surface area contributed by atoms with Crippen molar-refractivity contribution in [1.82, 2.24) is 10.2 Å². The van der Waals surface area contributed by atoms with Crippen LogP contribution in [-0.2, 0) is 0 Å². The molecule has 0 aliphatic carbocycles. The zero-order chi connectivity index (χ0) is 10.7. The molecule has 0 amide bonds. The van der Waals surface area contributed by atoms with Crippen LogP contribution in [0.4, 0.5) is 5.82 Å². The van der Waals surface area contributed by atoms with Gasteiger partial charge in [-0.1, -0.05) is 6.07 Å². The number of aromatic nitrogens is 2. The summed E-state index contributed by atoms with van der Waals surface area (Å²) in [5.74, 6) is 0.554. The highest BCUT2D eigenvalue weighted by Gasteiger charge is 2.04. The van der Waals surface area contributed by atoms with Crippen molar-refractivity contribution in [2.45, 2.75) is 0 Å². The Labute approximate surface area is 91.4 Å². The minimum Gasteiger partial charge on any atom is -0.265 e. The summed E-state index contributed by atoms with van der Waals surface area (Å²) in [5.41, 5.74) is 0.833. The van der Waals surface area contributed by atoms with Gasteiger partial charge >= 0.3 is 0 Å². The van der Waals surface area contributed by atoms with Gasteiger partial charge in [-0.25, -0.2) is 0 Å². The van der Waals surface area contributed by atoms with E-state index in [2.05, 4.69) is 10.2 Å². The Morgan fingerprint density at radius 3 is 2.73 bits per heavy atom. The van der Waals surface area contributed by atoms with Crippen molar-refractivity contribution in [3.8, 4) is 16.8 Å². The summed E-state index contributed by atoms with van der Waals surface area (Å²) in [4.78, 5) is 2.44. The molecule has 15 heavy (non-hydrogen) atoms. The largest absolute Gasteiger partial charge is 0.265 e.